The number of carbonyl (C=O) groups is 1. The highest BCUT2D eigenvalue weighted by Gasteiger charge is 2.30. The lowest BCUT2D eigenvalue weighted by Crippen LogP contribution is -2.48. The van der Waals surface area contributed by atoms with Crippen molar-refractivity contribution in [3.8, 4) is 0 Å². The lowest BCUT2D eigenvalue weighted by molar-refractivity contribution is -0.149. The third-order valence-corrected chi connectivity index (χ3v) is 3.54. The molecule has 5 nitrogen and oxygen atoms in total. The van der Waals surface area contributed by atoms with E-state index in [2.05, 4.69) is 4.90 Å². The Bertz CT molecular complexity index is 276. The van der Waals surface area contributed by atoms with Crippen molar-refractivity contribution in [3.05, 3.63) is 0 Å². The molecule has 0 aliphatic carbocycles. The summed E-state index contributed by atoms with van der Waals surface area (Å²) < 4.78 is 10.7. The number of carbonyl (C=O) groups excluding carboxylic acids is 1. The molecule has 19 heavy (non-hydrogen) atoms. The number of rotatable bonds is 7. The molecule has 0 aromatic heterocycles. The third-order valence-electron chi connectivity index (χ3n) is 3.54. The van der Waals surface area contributed by atoms with Crippen molar-refractivity contribution in [1.29, 1.82) is 0 Å². The predicted molar refractivity (Wildman–Crippen MR) is 74.9 cm³/mol. The predicted octanol–water partition coefficient (Wildman–Crippen LogP) is 1.16. The van der Waals surface area contributed by atoms with Crippen LogP contribution >= 0.6 is 0 Å². The molecule has 5 heteroatoms. The zero-order valence-corrected chi connectivity index (χ0v) is 12.5. The van der Waals surface area contributed by atoms with Gasteiger partial charge >= 0.3 is 5.97 Å². The summed E-state index contributed by atoms with van der Waals surface area (Å²) in [5.74, 6) is -0.322. The molecule has 0 bridgehead atoms. The molecule has 2 N–H and O–H groups in total. The van der Waals surface area contributed by atoms with Crippen LogP contribution in [0.5, 0.6) is 0 Å². The lowest BCUT2D eigenvalue weighted by atomic mass is 9.99. The summed E-state index contributed by atoms with van der Waals surface area (Å²) in [5.41, 5.74) is 5.09. The second kappa shape index (κ2) is 7.82. The van der Waals surface area contributed by atoms with Crippen molar-refractivity contribution < 1.29 is 14.3 Å². The molecule has 0 radical (unpaired) electrons. The maximum atomic E-state index is 11.7. The fourth-order valence-electron chi connectivity index (χ4n) is 2.21. The Morgan fingerprint density at radius 3 is 2.84 bits per heavy atom. The first kappa shape index (κ1) is 16.4. The zero-order valence-electron chi connectivity index (χ0n) is 12.5. The molecule has 1 aliphatic heterocycles. The normalized spacial score (nSPS) is 23.1. The van der Waals surface area contributed by atoms with Crippen LogP contribution < -0.4 is 5.73 Å². The minimum absolute atomic E-state index is 0.322. The second-order valence-electron chi connectivity index (χ2n) is 5.64. The molecular weight excluding hydrogens is 244 g/mol. The molecule has 0 saturated carbocycles. The number of nitrogens with zero attached hydrogens (tertiary/aromatic N) is 1. The molecule has 1 fully saturated rings. The van der Waals surface area contributed by atoms with Crippen LogP contribution in [0.1, 0.15) is 39.5 Å². The summed E-state index contributed by atoms with van der Waals surface area (Å²) in [5, 5.41) is 0. The second-order valence-corrected chi connectivity index (χ2v) is 5.64. The van der Waals surface area contributed by atoms with Crippen LogP contribution in [0.3, 0.4) is 0 Å². The fourth-order valence-corrected chi connectivity index (χ4v) is 2.21. The number of hydrogen-bond acceptors (Lipinski definition) is 5. The summed E-state index contributed by atoms with van der Waals surface area (Å²) in [7, 11) is 2.04. The average Bonchev–Trinajstić information content (AvgIpc) is 2.38. The first-order valence-electron chi connectivity index (χ1n) is 7.22. The topological polar surface area (TPSA) is 64.8 Å². The van der Waals surface area contributed by atoms with E-state index < -0.39 is 5.54 Å². The van der Waals surface area contributed by atoms with Crippen LogP contribution in [0.2, 0.25) is 0 Å². The van der Waals surface area contributed by atoms with E-state index in [9.17, 15) is 4.79 Å². The molecule has 1 saturated heterocycles. The summed E-state index contributed by atoms with van der Waals surface area (Å²) in [6, 6.07) is 0. The molecule has 0 spiro atoms. The van der Waals surface area contributed by atoms with E-state index in [1.165, 1.54) is 12.8 Å². The smallest absolute Gasteiger partial charge is 0.325 e. The van der Waals surface area contributed by atoms with Gasteiger partial charge in [0.05, 0.1) is 12.7 Å². The highest BCUT2D eigenvalue weighted by molar-refractivity contribution is 5.79. The Morgan fingerprint density at radius 2 is 2.26 bits per heavy atom. The molecule has 112 valence electrons. The zero-order chi connectivity index (χ0) is 14.3. The van der Waals surface area contributed by atoms with Gasteiger partial charge in [0.15, 0.2) is 0 Å². The van der Waals surface area contributed by atoms with Gasteiger partial charge in [-0.1, -0.05) is 0 Å². The van der Waals surface area contributed by atoms with Gasteiger partial charge in [-0.15, -0.1) is 0 Å². The summed E-state index contributed by atoms with van der Waals surface area (Å²) in [4.78, 5) is 13.9. The molecule has 0 aromatic carbocycles. The molecule has 0 aromatic rings. The monoisotopic (exact) mass is 272 g/mol. The van der Waals surface area contributed by atoms with Crippen molar-refractivity contribution in [2.24, 2.45) is 5.73 Å². The van der Waals surface area contributed by atoms with Crippen molar-refractivity contribution in [2.75, 3.05) is 33.4 Å². The Labute approximate surface area is 116 Å². The van der Waals surface area contributed by atoms with Crippen molar-refractivity contribution in [3.63, 3.8) is 0 Å². The fraction of sp³-hybridized carbons (Fsp3) is 0.929. The van der Waals surface area contributed by atoms with E-state index in [-0.39, 0.29) is 5.97 Å². The van der Waals surface area contributed by atoms with Crippen LogP contribution in [0.4, 0.5) is 0 Å². The first-order chi connectivity index (χ1) is 8.95. The molecule has 1 heterocycles. The highest BCUT2D eigenvalue weighted by atomic mass is 16.5. The SMILES string of the molecule is CCOC(=O)C(C)(N)CCN(C)CC1CCCCO1. The van der Waals surface area contributed by atoms with Gasteiger partial charge in [0.1, 0.15) is 5.54 Å². The van der Waals surface area contributed by atoms with E-state index in [1.54, 1.807) is 13.8 Å². The number of likely N-dealkylation sites (N-methyl/N-ethyl adjacent to an activating group) is 1. The summed E-state index contributed by atoms with van der Waals surface area (Å²) in [6.07, 6.45) is 4.46. The van der Waals surface area contributed by atoms with E-state index in [1.807, 2.05) is 7.05 Å². The summed E-state index contributed by atoms with van der Waals surface area (Å²) in [6.45, 7) is 6.44. The van der Waals surface area contributed by atoms with Crippen LogP contribution in [0.15, 0.2) is 0 Å². The Hall–Kier alpha value is -0.650. The average molecular weight is 272 g/mol. The quantitative estimate of drug-likeness (QED) is 0.705. The molecular formula is C14H28N2O3. The van der Waals surface area contributed by atoms with Gasteiger partial charge in [-0.25, -0.2) is 0 Å². The van der Waals surface area contributed by atoms with Gasteiger partial charge in [-0.2, -0.15) is 0 Å². The van der Waals surface area contributed by atoms with Crippen LogP contribution in [0, 0.1) is 0 Å². The maximum Gasteiger partial charge on any atom is 0.325 e. The van der Waals surface area contributed by atoms with Gasteiger partial charge in [0, 0.05) is 19.7 Å². The van der Waals surface area contributed by atoms with Gasteiger partial charge < -0.3 is 20.1 Å². The molecule has 2 atom stereocenters. The standard InChI is InChI=1S/C14H28N2O3/c1-4-18-13(17)14(2,15)8-9-16(3)11-12-7-5-6-10-19-12/h12H,4-11,15H2,1-3H3. The first-order valence-corrected chi connectivity index (χ1v) is 7.22. The minimum Gasteiger partial charge on any atom is -0.465 e. The molecule has 1 aliphatic rings. The Kier molecular flexibility index (Phi) is 6.75. The largest absolute Gasteiger partial charge is 0.465 e. The van der Waals surface area contributed by atoms with Gasteiger partial charge in [0.2, 0.25) is 0 Å². The van der Waals surface area contributed by atoms with Crippen molar-refractivity contribution >= 4 is 5.97 Å². The van der Waals surface area contributed by atoms with Gasteiger partial charge in [-0.05, 0) is 46.6 Å². The van der Waals surface area contributed by atoms with Crippen molar-refractivity contribution in [2.45, 2.75) is 51.2 Å². The lowest BCUT2D eigenvalue weighted by Gasteiger charge is -2.29. The Morgan fingerprint density at radius 1 is 1.53 bits per heavy atom. The van der Waals surface area contributed by atoms with Crippen LogP contribution in [0.25, 0.3) is 0 Å². The molecule has 0 amide bonds. The number of hydrogen-bond donors (Lipinski definition) is 1. The van der Waals surface area contributed by atoms with Crippen LogP contribution in [-0.2, 0) is 14.3 Å². The third kappa shape index (κ3) is 5.89. The number of ether oxygens (including phenoxy) is 2. The Balaban J connectivity index is 2.27. The van der Waals surface area contributed by atoms with E-state index in [0.29, 0.717) is 19.1 Å². The number of nitrogens with two attached hydrogens (primary N) is 1. The molecule has 1 rings (SSSR count). The van der Waals surface area contributed by atoms with E-state index in [0.717, 1.165) is 26.1 Å². The maximum absolute atomic E-state index is 11.7. The summed E-state index contributed by atoms with van der Waals surface area (Å²) >= 11 is 0. The highest BCUT2D eigenvalue weighted by Crippen LogP contribution is 2.14. The molecule has 2 unspecified atom stereocenters. The van der Waals surface area contributed by atoms with Crippen LogP contribution in [-0.4, -0.2) is 55.9 Å². The van der Waals surface area contributed by atoms with E-state index in [4.69, 9.17) is 15.2 Å². The van der Waals surface area contributed by atoms with E-state index >= 15 is 0 Å². The van der Waals surface area contributed by atoms with Gasteiger partial charge in [-0.3, -0.25) is 4.79 Å². The van der Waals surface area contributed by atoms with Gasteiger partial charge in [0.25, 0.3) is 0 Å². The van der Waals surface area contributed by atoms with Crippen molar-refractivity contribution in [1.82, 2.24) is 4.90 Å². The minimum atomic E-state index is -0.905. The number of esters is 1.